The number of fused-ring (bicyclic) bond motifs is 6. The zero-order chi connectivity index (χ0) is 37.0. The van der Waals surface area contributed by atoms with Gasteiger partial charge < -0.3 is 8.98 Å². The molecule has 3 aromatic heterocycles. The summed E-state index contributed by atoms with van der Waals surface area (Å²) < 4.78 is 8.56. The van der Waals surface area contributed by atoms with E-state index in [1.165, 1.54) is 27.4 Å². The van der Waals surface area contributed by atoms with Gasteiger partial charge in [0.05, 0.1) is 22.4 Å². The van der Waals surface area contributed by atoms with E-state index in [0.717, 1.165) is 72.4 Å². The highest BCUT2D eigenvalue weighted by atomic mass is 16.3. The van der Waals surface area contributed by atoms with Gasteiger partial charge in [-0.3, -0.25) is 0 Å². The highest BCUT2D eigenvalue weighted by Gasteiger charge is 2.16. The second kappa shape index (κ2) is 13.1. The van der Waals surface area contributed by atoms with Crippen molar-refractivity contribution in [1.29, 1.82) is 0 Å². The first-order valence-corrected chi connectivity index (χ1v) is 18.9. The smallest absolute Gasteiger partial charge is 0.160 e. The van der Waals surface area contributed by atoms with E-state index in [2.05, 4.69) is 156 Å². The molecule has 4 heteroatoms. The van der Waals surface area contributed by atoms with Gasteiger partial charge in [-0.1, -0.05) is 152 Å². The number of rotatable bonds is 6. The number of hydrogen-bond acceptors (Lipinski definition) is 3. The molecule has 11 rings (SSSR count). The molecule has 0 bridgehead atoms. The van der Waals surface area contributed by atoms with E-state index in [4.69, 9.17) is 14.4 Å². The molecule has 3 heterocycles. The van der Waals surface area contributed by atoms with Crippen LogP contribution >= 0.6 is 0 Å². The molecule has 0 unspecified atom stereocenters. The van der Waals surface area contributed by atoms with Gasteiger partial charge in [-0.15, -0.1) is 0 Å². The van der Waals surface area contributed by atoms with Crippen LogP contribution in [0.1, 0.15) is 0 Å². The van der Waals surface area contributed by atoms with Crippen molar-refractivity contribution in [3.05, 3.63) is 200 Å². The number of furan rings is 1. The number of aromatic nitrogens is 3. The summed E-state index contributed by atoms with van der Waals surface area (Å²) in [6.07, 6.45) is 0. The van der Waals surface area contributed by atoms with E-state index >= 15 is 0 Å². The molecule has 0 aliphatic carbocycles. The third kappa shape index (κ3) is 5.39. The molecule has 0 spiro atoms. The van der Waals surface area contributed by atoms with Crippen LogP contribution in [0.15, 0.2) is 205 Å². The number of benzene rings is 8. The molecule has 56 heavy (non-hydrogen) atoms. The maximum atomic E-state index is 6.19. The summed E-state index contributed by atoms with van der Waals surface area (Å²) in [5, 5.41) is 4.72. The molecular weight excluding hydrogens is 683 g/mol. The second-order valence-corrected chi connectivity index (χ2v) is 14.2. The molecule has 11 aromatic rings. The summed E-state index contributed by atoms with van der Waals surface area (Å²) in [4.78, 5) is 10.1. The minimum absolute atomic E-state index is 0.705. The van der Waals surface area contributed by atoms with Crippen LogP contribution < -0.4 is 0 Å². The Morgan fingerprint density at radius 1 is 0.357 bits per heavy atom. The molecule has 0 aliphatic heterocycles. The van der Waals surface area contributed by atoms with E-state index < -0.39 is 0 Å². The van der Waals surface area contributed by atoms with Crippen molar-refractivity contribution >= 4 is 43.7 Å². The Kier molecular flexibility index (Phi) is 7.46. The fourth-order valence-corrected chi connectivity index (χ4v) is 8.14. The van der Waals surface area contributed by atoms with E-state index in [-0.39, 0.29) is 0 Å². The van der Waals surface area contributed by atoms with Crippen LogP contribution in [0, 0.1) is 0 Å². The lowest BCUT2D eigenvalue weighted by Gasteiger charge is -2.11. The van der Waals surface area contributed by atoms with Crippen molar-refractivity contribution in [2.45, 2.75) is 0 Å². The summed E-state index contributed by atoms with van der Waals surface area (Å²) >= 11 is 0. The quantitative estimate of drug-likeness (QED) is 0.172. The number of hydrogen-bond donors (Lipinski definition) is 0. The summed E-state index contributed by atoms with van der Waals surface area (Å²) in [5.74, 6) is 0.705. The number of para-hydroxylation sites is 2. The maximum absolute atomic E-state index is 6.19. The summed E-state index contributed by atoms with van der Waals surface area (Å²) in [6, 6.07) is 70.3. The van der Waals surface area contributed by atoms with Gasteiger partial charge >= 0.3 is 0 Å². The Hall–Kier alpha value is -7.56. The molecule has 4 nitrogen and oxygen atoms in total. The van der Waals surface area contributed by atoms with Gasteiger partial charge in [0, 0.05) is 43.9 Å². The molecule has 8 aromatic carbocycles. The Bertz CT molecular complexity index is 3160. The third-order valence-corrected chi connectivity index (χ3v) is 10.9. The van der Waals surface area contributed by atoms with Gasteiger partial charge in [-0.2, -0.15) is 0 Å². The van der Waals surface area contributed by atoms with Crippen molar-refractivity contribution in [2.75, 3.05) is 0 Å². The lowest BCUT2D eigenvalue weighted by molar-refractivity contribution is 0.669. The summed E-state index contributed by atoms with van der Waals surface area (Å²) in [7, 11) is 0. The average molecular weight is 716 g/mol. The second-order valence-electron chi connectivity index (χ2n) is 14.2. The molecule has 0 radical (unpaired) electrons. The average Bonchev–Trinajstić information content (AvgIpc) is 3.83. The number of nitrogens with zero attached hydrogens (tertiary/aromatic N) is 3. The van der Waals surface area contributed by atoms with Crippen LogP contribution in [-0.2, 0) is 0 Å². The van der Waals surface area contributed by atoms with Gasteiger partial charge in [0.2, 0.25) is 0 Å². The van der Waals surface area contributed by atoms with Crippen molar-refractivity contribution in [1.82, 2.24) is 14.5 Å². The van der Waals surface area contributed by atoms with Crippen molar-refractivity contribution in [3.63, 3.8) is 0 Å². The van der Waals surface area contributed by atoms with Crippen LogP contribution in [-0.4, -0.2) is 14.5 Å². The molecule has 0 aliphatic rings. The monoisotopic (exact) mass is 715 g/mol. The van der Waals surface area contributed by atoms with Gasteiger partial charge in [-0.05, 0) is 70.8 Å². The van der Waals surface area contributed by atoms with Gasteiger partial charge in [-0.25, -0.2) is 9.97 Å². The molecule has 0 amide bonds. The first-order valence-electron chi connectivity index (χ1n) is 18.9. The van der Waals surface area contributed by atoms with Crippen LogP contribution in [0.25, 0.3) is 106 Å². The minimum Gasteiger partial charge on any atom is -0.456 e. The highest BCUT2D eigenvalue weighted by molar-refractivity contribution is 6.13. The van der Waals surface area contributed by atoms with Crippen LogP contribution in [0.5, 0.6) is 0 Å². The van der Waals surface area contributed by atoms with Crippen molar-refractivity contribution in [3.8, 4) is 61.8 Å². The fourth-order valence-electron chi connectivity index (χ4n) is 8.14. The predicted molar refractivity (Wildman–Crippen MR) is 231 cm³/mol. The van der Waals surface area contributed by atoms with Crippen LogP contribution in [0.3, 0.4) is 0 Å². The topological polar surface area (TPSA) is 43.9 Å². The highest BCUT2D eigenvalue weighted by Crippen LogP contribution is 2.39. The Morgan fingerprint density at radius 2 is 0.929 bits per heavy atom. The summed E-state index contributed by atoms with van der Waals surface area (Å²) in [6.45, 7) is 0. The minimum atomic E-state index is 0.705. The largest absolute Gasteiger partial charge is 0.456 e. The predicted octanol–water partition coefficient (Wildman–Crippen LogP) is 13.8. The first kappa shape index (κ1) is 31.9. The Labute approximate surface area is 323 Å². The maximum Gasteiger partial charge on any atom is 0.160 e. The van der Waals surface area contributed by atoms with E-state index in [1.54, 1.807) is 0 Å². The first-order chi connectivity index (χ1) is 27.7. The lowest BCUT2D eigenvalue weighted by Crippen LogP contribution is -1.96. The zero-order valence-corrected chi connectivity index (χ0v) is 30.3. The molecule has 0 fully saturated rings. The molecule has 0 N–H and O–H groups in total. The normalized spacial score (nSPS) is 11.6. The van der Waals surface area contributed by atoms with E-state index in [0.29, 0.717) is 5.82 Å². The molecule has 262 valence electrons. The molecule has 0 atom stereocenters. The van der Waals surface area contributed by atoms with E-state index in [9.17, 15) is 0 Å². The SMILES string of the molecule is c1ccc(-c2cc(-c3ccccc3)nc(-c3ccc(-c4ccc5c(c4)c4ccccc4n5-c4ccc(-c5cccc6oc7ccccc7c56)cc4)cc3)n2)cc1. The Balaban J connectivity index is 0.959. The zero-order valence-electron chi connectivity index (χ0n) is 30.3. The molecule has 0 saturated heterocycles. The standard InChI is InChI=1S/C52H33N3O/c1-3-12-36(13-4-1)45-33-46(37-14-5-2-6-15-37)54-52(53-45)38-24-22-34(23-25-38)39-28-31-48-44(32-39)42-16-7-9-19-47(42)55(48)40-29-26-35(27-30-40)41-18-11-21-50-51(41)43-17-8-10-20-49(43)56-50/h1-33H. The summed E-state index contributed by atoms with van der Waals surface area (Å²) in [5.41, 5.74) is 14.8. The lowest BCUT2D eigenvalue weighted by atomic mass is 9.99. The molecule has 0 saturated carbocycles. The van der Waals surface area contributed by atoms with E-state index in [1.807, 2.05) is 48.5 Å². The van der Waals surface area contributed by atoms with Gasteiger partial charge in [0.1, 0.15) is 11.2 Å². The molecular formula is C52H33N3O. The van der Waals surface area contributed by atoms with Crippen molar-refractivity contribution in [2.24, 2.45) is 0 Å². The Morgan fingerprint density at radius 3 is 1.66 bits per heavy atom. The van der Waals surface area contributed by atoms with Crippen LogP contribution in [0.4, 0.5) is 0 Å². The fraction of sp³-hybridized carbons (Fsp3) is 0. The van der Waals surface area contributed by atoms with Crippen molar-refractivity contribution < 1.29 is 4.42 Å². The van der Waals surface area contributed by atoms with Gasteiger partial charge in [0.25, 0.3) is 0 Å². The van der Waals surface area contributed by atoms with Crippen LogP contribution in [0.2, 0.25) is 0 Å². The third-order valence-electron chi connectivity index (χ3n) is 10.9. The van der Waals surface area contributed by atoms with Gasteiger partial charge in [0.15, 0.2) is 5.82 Å².